The van der Waals surface area contributed by atoms with Gasteiger partial charge in [0.15, 0.2) is 0 Å². The highest BCUT2D eigenvalue weighted by atomic mass is 35.5. The summed E-state index contributed by atoms with van der Waals surface area (Å²) in [7, 11) is 1.31. The van der Waals surface area contributed by atoms with Crippen molar-refractivity contribution in [3.8, 4) is 0 Å². The number of ether oxygens (including phenoxy) is 2. The third-order valence-corrected chi connectivity index (χ3v) is 4.58. The van der Waals surface area contributed by atoms with Gasteiger partial charge in [0.05, 0.1) is 36.3 Å². The summed E-state index contributed by atoms with van der Waals surface area (Å²) in [6.45, 7) is 1.55. The molecule has 1 aromatic rings. The molecule has 1 saturated carbocycles. The predicted molar refractivity (Wildman–Crippen MR) is 76.0 cm³/mol. The molecule has 1 aromatic carbocycles. The molecule has 2 atom stereocenters. The van der Waals surface area contributed by atoms with Gasteiger partial charge in [0.2, 0.25) is 5.91 Å². The van der Waals surface area contributed by atoms with Crippen LogP contribution in [0.25, 0.3) is 0 Å². The van der Waals surface area contributed by atoms with Crippen LogP contribution in [-0.2, 0) is 20.8 Å². The van der Waals surface area contributed by atoms with E-state index in [0.717, 1.165) is 12.0 Å². The van der Waals surface area contributed by atoms with Crippen molar-refractivity contribution in [2.45, 2.75) is 13.0 Å². The Morgan fingerprint density at radius 1 is 1.52 bits per heavy atom. The van der Waals surface area contributed by atoms with Gasteiger partial charge < -0.3 is 14.8 Å². The summed E-state index contributed by atoms with van der Waals surface area (Å²) in [6.07, 6.45) is 0.910. The summed E-state index contributed by atoms with van der Waals surface area (Å²) < 4.78 is 10.00. The molecule has 1 saturated heterocycles. The lowest BCUT2D eigenvalue weighted by Gasteiger charge is -2.12. The van der Waals surface area contributed by atoms with Crippen molar-refractivity contribution in [3.63, 3.8) is 0 Å². The van der Waals surface area contributed by atoms with Crippen LogP contribution < -0.4 is 5.32 Å². The van der Waals surface area contributed by atoms with Crippen molar-refractivity contribution in [2.75, 3.05) is 20.3 Å². The standard InChI is InChI=1S/C15H16ClNO4/c1-20-13(18)11-4-9(2-3-12(11)16)6-17-14(19)15-5-10(15)7-21-8-15/h2-4,10H,5-8H2,1H3,(H,17,19)/t10-,15-/m1/s1. The first-order chi connectivity index (χ1) is 10.1. The van der Waals surface area contributed by atoms with Crippen molar-refractivity contribution in [3.05, 3.63) is 34.3 Å². The van der Waals surface area contributed by atoms with Gasteiger partial charge in [-0.1, -0.05) is 17.7 Å². The van der Waals surface area contributed by atoms with E-state index < -0.39 is 5.97 Å². The SMILES string of the molecule is COC(=O)c1cc(CNC(=O)[C@]23COC[C@H]2C3)ccc1Cl. The summed E-state index contributed by atoms with van der Waals surface area (Å²) in [4.78, 5) is 23.8. The second kappa shape index (κ2) is 5.31. The molecule has 1 heterocycles. The minimum absolute atomic E-state index is 0.0274. The normalized spacial score (nSPS) is 26.1. The van der Waals surface area contributed by atoms with E-state index in [1.54, 1.807) is 18.2 Å². The van der Waals surface area contributed by atoms with Crippen LogP contribution >= 0.6 is 11.6 Å². The number of carbonyl (C=O) groups excluding carboxylic acids is 2. The molecule has 1 aliphatic carbocycles. The lowest BCUT2D eigenvalue weighted by Crippen LogP contribution is -2.33. The van der Waals surface area contributed by atoms with Gasteiger partial charge in [0.1, 0.15) is 0 Å². The van der Waals surface area contributed by atoms with Crippen LogP contribution in [0.1, 0.15) is 22.3 Å². The fourth-order valence-corrected chi connectivity index (χ4v) is 3.00. The number of amides is 1. The fraction of sp³-hybridized carbons (Fsp3) is 0.467. The second-order valence-electron chi connectivity index (χ2n) is 5.56. The van der Waals surface area contributed by atoms with Crippen LogP contribution in [0.3, 0.4) is 0 Å². The van der Waals surface area contributed by atoms with Gasteiger partial charge in [-0.3, -0.25) is 4.79 Å². The number of rotatable bonds is 4. The number of halogens is 1. The van der Waals surface area contributed by atoms with Crippen molar-refractivity contribution in [2.24, 2.45) is 11.3 Å². The summed E-state index contributed by atoms with van der Waals surface area (Å²) in [6, 6.07) is 5.05. The summed E-state index contributed by atoms with van der Waals surface area (Å²) in [5, 5.41) is 3.25. The highest BCUT2D eigenvalue weighted by molar-refractivity contribution is 6.33. The average Bonchev–Trinajstić information content (AvgIpc) is 3.07. The van der Waals surface area contributed by atoms with Crippen LogP contribution in [0.5, 0.6) is 0 Å². The molecule has 5 nitrogen and oxygen atoms in total. The molecule has 6 heteroatoms. The number of nitrogens with one attached hydrogen (secondary N) is 1. The van der Waals surface area contributed by atoms with Gasteiger partial charge in [-0.25, -0.2) is 4.79 Å². The van der Waals surface area contributed by atoms with Crippen LogP contribution in [0.2, 0.25) is 5.02 Å². The molecular formula is C15H16ClNO4. The molecule has 112 valence electrons. The zero-order valence-electron chi connectivity index (χ0n) is 11.6. The maximum atomic E-state index is 12.2. The molecule has 2 fully saturated rings. The molecule has 0 bridgehead atoms. The van der Waals surface area contributed by atoms with Crippen LogP contribution in [-0.4, -0.2) is 32.2 Å². The maximum absolute atomic E-state index is 12.2. The summed E-state index contributed by atoms with van der Waals surface area (Å²) in [5.41, 5.74) is 0.802. The Morgan fingerprint density at radius 3 is 2.95 bits per heavy atom. The van der Waals surface area contributed by atoms with Crippen LogP contribution in [0.15, 0.2) is 18.2 Å². The van der Waals surface area contributed by atoms with E-state index in [0.29, 0.717) is 36.3 Å². The van der Waals surface area contributed by atoms with Gasteiger partial charge in [-0.2, -0.15) is 0 Å². The van der Waals surface area contributed by atoms with Gasteiger partial charge in [0, 0.05) is 12.5 Å². The number of fused-ring (bicyclic) bond motifs is 1. The van der Waals surface area contributed by atoms with E-state index in [9.17, 15) is 9.59 Å². The van der Waals surface area contributed by atoms with E-state index in [-0.39, 0.29) is 11.3 Å². The zero-order chi connectivity index (χ0) is 15.0. The minimum atomic E-state index is -0.488. The van der Waals surface area contributed by atoms with E-state index in [1.165, 1.54) is 7.11 Å². The first-order valence-electron chi connectivity index (χ1n) is 6.79. The average molecular weight is 310 g/mol. The van der Waals surface area contributed by atoms with Crippen LogP contribution in [0.4, 0.5) is 0 Å². The summed E-state index contributed by atoms with van der Waals surface area (Å²) >= 11 is 5.96. The van der Waals surface area contributed by atoms with E-state index in [4.69, 9.17) is 16.3 Å². The third-order valence-electron chi connectivity index (χ3n) is 4.25. The molecule has 0 spiro atoms. The Bertz CT molecular complexity index is 603. The maximum Gasteiger partial charge on any atom is 0.339 e. The van der Waals surface area contributed by atoms with E-state index in [1.807, 2.05) is 0 Å². The Hall–Kier alpha value is -1.59. The molecule has 2 aliphatic rings. The first kappa shape index (κ1) is 14.4. The number of esters is 1. The van der Waals surface area contributed by atoms with Crippen molar-refractivity contribution < 1.29 is 19.1 Å². The third kappa shape index (κ3) is 2.51. The molecule has 0 aromatic heterocycles. The Kier molecular flexibility index (Phi) is 3.63. The number of benzene rings is 1. The highest BCUT2D eigenvalue weighted by Crippen LogP contribution is 2.56. The second-order valence-corrected chi connectivity index (χ2v) is 5.97. The Balaban J connectivity index is 1.66. The number of carbonyl (C=O) groups is 2. The monoisotopic (exact) mass is 309 g/mol. The van der Waals surface area contributed by atoms with Crippen molar-refractivity contribution in [1.29, 1.82) is 0 Å². The number of hydrogen-bond acceptors (Lipinski definition) is 4. The zero-order valence-corrected chi connectivity index (χ0v) is 12.4. The molecule has 0 radical (unpaired) electrons. The smallest absolute Gasteiger partial charge is 0.339 e. The number of methoxy groups -OCH3 is 1. The van der Waals surface area contributed by atoms with Gasteiger partial charge in [-0.05, 0) is 24.1 Å². The van der Waals surface area contributed by atoms with Gasteiger partial charge in [0.25, 0.3) is 0 Å². The molecule has 21 heavy (non-hydrogen) atoms. The van der Waals surface area contributed by atoms with E-state index in [2.05, 4.69) is 10.1 Å². The molecule has 0 unspecified atom stereocenters. The molecule has 1 N–H and O–H groups in total. The molecular weight excluding hydrogens is 294 g/mol. The minimum Gasteiger partial charge on any atom is -0.465 e. The van der Waals surface area contributed by atoms with Gasteiger partial charge in [-0.15, -0.1) is 0 Å². The molecule has 1 aliphatic heterocycles. The fourth-order valence-electron chi connectivity index (χ4n) is 2.81. The van der Waals surface area contributed by atoms with E-state index >= 15 is 0 Å². The Morgan fingerprint density at radius 2 is 2.33 bits per heavy atom. The molecule has 1 amide bonds. The topological polar surface area (TPSA) is 64.6 Å². The Labute approximate surface area is 127 Å². The van der Waals surface area contributed by atoms with Crippen LogP contribution in [0, 0.1) is 11.3 Å². The lowest BCUT2D eigenvalue weighted by atomic mass is 10.1. The number of hydrogen-bond donors (Lipinski definition) is 1. The summed E-state index contributed by atoms with van der Waals surface area (Å²) in [5.74, 6) is -0.0915. The molecule has 3 rings (SSSR count). The first-order valence-corrected chi connectivity index (χ1v) is 7.17. The highest BCUT2D eigenvalue weighted by Gasteiger charge is 2.63. The van der Waals surface area contributed by atoms with Crippen molar-refractivity contribution in [1.82, 2.24) is 5.32 Å². The van der Waals surface area contributed by atoms with Gasteiger partial charge >= 0.3 is 5.97 Å². The predicted octanol–water partition coefficient (Wildman–Crippen LogP) is 1.78. The largest absolute Gasteiger partial charge is 0.465 e. The lowest BCUT2D eigenvalue weighted by molar-refractivity contribution is -0.127. The quantitative estimate of drug-likeness (QED) is 0.861. The van der Waals surface area contributed by atoms with Crippen molar-refractivity contribution >= 4 is 23.5 Å².